The second-order valence-electron chi connectivity index (χ2n) is 10.8. The molecular weight excluding hydrogens is 490 g/mol. The minimum absolute atomic E-state index is 0.0483. The number of nitrogens with zero attached hydrogens (tertiary/aromatic N) is 5. The second kappa shape index (κ2) is 10.4. The van der Waals surface area contributed by atoms with E-state index >= 15 is 0 Å². The summed E-state index contributed by atoms with van der Waals surface area (Å²) in [5.74, 6) is 0.131. The van der Waals surface area contributed by atoms with Crippen LogP contribution in [-0.4, -0.2) is 61.1 Å². The van der Waals surface area contributed by atoms with Crippen LogP contribution in [0.3, 0.4) is 0 Å². The number of aromatic nitrogens is 4. The minimum atomic E-state index is -0.731. The van der Waals surface area contributed by atoms with Crippen molar-refractivity contribution >= 4 is 35.0 Å². The molecule has 3 N–H and O–H groups in total. The monoisotopic (exact) mass is 525 g/mol. The summed E-state index contributed by atoms with van der Waals surface area (Å²) in [6.07, 6.45) is 3.81. The van der Waals surface area contributed by atoms with E-state index in [4.69, 9.17) is 4.74 Å². The normalized spacial score (nSPS) is 17.6. The Kier molecular flexibility index (Phi) is 7.45. The second-order valence-corrected chi connectivity index (χ2v) is 10.8. The Morgan fingerprint density at radius 3 is 2.63 bits per heavy atom. The molecule has 0 spiro atoms. The lowest BCUT2D eigenvalue weighted by Crippen LogP contribution is -2.35. The molecule has 1 saturated carbocycles. The standard InChI is InChI=1S/C26H35N7O5/c1-15(2)32-11-7-8-19(24(32)36)29-20-13-21(31(6)25(37)38-26(3,4)5)33-22(30-20)18(14-27-33)23(35)28-16-9-10-17(34)12-16/h7-8,11,13-17,34H,9-10,12H2,1-6H3,(H,28,35)(H,29,30)/t16-,17+/m0/s1. The maximum atomic E-state index is 13.2. The summed E-state index contributed by atoms with van der Waals surface area (Å²) in [4.78, 5) is 44.9. The lowest BCUT2D eigenvalue weighted by molar-refractivity contribution is 0.0587. The molecule has 0 bridgehead atoms. The van der Waals surface area contributed by atoms with E-state index in [2.05, 4.69) is 20.7 Å². The molecular formula is C26H35N7O5. The number of pyridine rings is 1. The predicted octanol–water partition coefficient (Wildman–Crippen LogP) is 3.23. The molecule has 2 atom stereocenters. The molecule has 0 radical (unpaired) electrons. The quantitative estimate of drug-likeness (QED) is 0.445. The van der Waals surface area contributed by atoms with E-state index in [0.29, 0.717) is 19.3 Å². The molecule has 0 unspecified atom stereocenters. The van der Waals surface area contributed by atoms with Crippen molar-refractivity contribution in [1.82, 2.24) is 24.5 Å². The number of anilines is 3. The van der Waals surface area contributed by atoms with Gasteiger partial charge in [-0.2, -0.15) is 9.61 Å². The Balaban J connectivity index is 1.77. The Morgan fingerprint density at radius 2 is 2.00 bits per heavy atom. The molecule has 0 saturated heterocycles. The predicted molar refractivity (Wildman–Crippen MR) is 143 cm³/mol. The van der Waals surface area contributed by atoms with Gasteiger partial charge < -0.3 is 25.0 Å². The summed E-state index contributed by atoms with van der Waals surface area (Å²) in [6, 6.07) is 4.75. The van der Waals surface area contributed by atoms with Crippen molar-refractivity contribution in [1.29, 1.82) is 0 Å². The molecule has 0 aromatic carbocycles. The molecule has 1 fully saturated rings. The number of nitrogens with one attached hydrogen (secondary N) is 2. The van der Waals surface area contributed by atoms with Crippen LogP contribution in [0.5, 0.6) is 0 Å². The molecule has 3 heterocycles. The first-order chi connectivity index (χ1) is 17.8. The van der Waals surface area contributed by atoms with E-state index in [0.717, 1.165) is 0 Å². The molecule has 0 aliphatic heterocycles. The molecule has 2 amide bonds. The highest BCUT2D eigenvalue weighted by molar-refractivity contribution is 6.00. The molecule has 12 heteroatoms. The number of hydrogen-bond acceptors (Lipinski definition) is 8. The van der Waals surface area contributed by atoms with Gasteiger partial charge in [-0.25, -0.2) is 9.78 Å². The maximum Gasteiger partial charge on any atom is 0.415 e. The third kappa shape index (κ3) is 5.80. The van der Waals surface area contributed by atoms with Crippen LogP contribution in [0.2, 0.25) is 0 Å². The van der Waals surface area contributed by atoms with Crippen molar-refractivity contribution < 1.29 is 19.4 Å². The Morgan fingerprint density at radius 1 is 1.26 bits per heavy atom. The fourth-order valence-corrected chi connectivity index (χ4v) is 4.34. The maximum absolute atomic E-state index is 13.2. The third-order valence-electron chi connectivity index (χ3n) is 6.24. The first-order valence-electron chi connectivity index (χ1n) is 12.7. The number of amides is 2. The fourth-order valence-electron chi connectivity index (χ4n) is 4.34. The zero-order valence-electron chi connectivity index (χ0n) is 22.6. The van der Waals surface area contributed by atoms with Crippen LogP contribution in [0.15, 0.2) is 35.4 Å². The molecule has 38 heavy (non-hydrogen) atoms. The van der Waals surface area contributed by atoms with Gasteiger partial charge in [0, 0.05) is 31.4 Å². The van der Waals surface area contributed by atoms with Gasteiger partial charge in [0.25, 0.3) is 11.5 Å². The lowest BCUT2D eigenvalue weighted by Gasteiger charge is -2.25. The van der Waals surface area contributed by atoms with Crippen LogP contribution in [0.25, 0.3) is 5.65 Å². The summed E-state index contributed by atoms with van der Waals surface area (Å²) in [5.41, 5.74) is -0.295. The van der Waals surface area contributed by atoms with Crippen LogP contribution < -0.4 is 21.1 Å². The van der Waals surface area contributed by atoms with Crippen molar-refractivity contribution in [2.75, 3.05) is 17.3 Å². The highest BCUT2D eigenvalue weighted by atomic mass is 16.6. The summed E-state index contributed by atoms with van der Waals surface area (Å²) in [6.45, 7) is 9.10. The van der Waals surface area contributed by atoms with E-state index in [-0.39, 0.29) is 46.2 Å². The summed E-state index contributed by atoms with van der Waals surface area (Å²) >= 11 is 0. The van der Waals surface area contributed by atoms with E-state index < -0.39 is 23.7 Å². The van der Waals surface area contributed by atoms with Gasteiger partial charge in [0.1, 0.15) is 28.5 Å². The van der Waals surface area contributed by atoms with Crippen LogP contribution >= 0.6 is 0 Å². The first-order valence-corrected chi connectivity index (χ1v) is 12.7. The van der Waals surface area contributed by atoms with Crippen LogP contribution in [0.1, 0.15) is 70.3 Å². The molecule has 4 rings (SSSR count). The van der Waals surface area contributed by atoms with E-state index in [1.165, 1.54) is 22.7 Å². The van der Waals surface area contributed by atoms with Crippen molar-refractivity contribution in [3.05, 3.63) is 46.5 Å². The number of aliphatic hydroxyl groups excluding tert-OH is 1. The van der Waals surface area contributed by atoms with Crippen LogP contribution in [0, 0.1) is 0 Å². The van der Waals surface area contributed by atoms with Gasteiger partial charge in [-0.1, -0.05) is 0 Å². The number of hydrogen-bond donors (Lipinski definition) is 3. The number of rotatable bonds is 6. The van der Waals surface area contributed by atoms with Crippen molar-refractivity contribution in [2.24, 2.45) is 0 Å². The highest BCUT2D eigenvalue weighted by Crippen LogP contribution is 2.26. The van der Waals surface area contributed by atoms with E-state index in [1.807, 2.05) is 13.8 Å². The largest absolute Gasteiger partial charge is 0.443 e. The number of carbonyl (C=O) groups excluding carboxylic acids is 2. The molecule has 3 aromatic rings. The van der Waals surface area contributed by atoms with Crippen molar-refractivity contribution in [3.63, 3.8) is 0 Å². The summed E-state index contributed by atoms with van der Waals surface area (Å²) in [7, 11) is 1.53. The zero-order chi connectivity index (χ0) is 27.8. The Bertz CT molecular complexity index is 1410. The van der Waals surface area contributed by atoms with Gasteiger partial charge in [-0.05, 0) is 66.0 Å². The summed E-state index contributed by atoms with van der Waals surface area (Å²) < 4.78 is 8.49. The summed E-state index contributed by atoms with van der Waals surface area (Å²) in [5, 5.41) is 20.1. The number of carbonyl (C=O) groups is 2. The first kappa shape index (κ1) is 27.1. The Hall–Kier alpha value is -3.93. The van der Waals surface area contributed by atoms with Gasteiger partial charge in [-0.15, -0.1) is 0 Å². The number of fused-ring (bicyclic) bond motifs is 1. The molecule has 1 aliphatic rings. The molecule has 204 valence electrons. The SMILES string of the molecule is CC(C)n1cccc(Nc2cc(N(C)C(=O)OC(C)(C)C)n3ncc(C(=O)N[C@H]4CC[C@@H](O)C4)c3n2)c1=O. The smallest absolute Gasteiger partial charge is 0.415 e. The van der Waals surface area contributed by atoms with Gasteiger partial charge in [-0.3, -0.25) is 14.5 Å². The van der Waals surface area contributed by atoms with Gasteiger partial charge in [0.15, 0.2) is 5.65 Å². The molecule has 3 aromatic heterocycles. The third-order valence-corrected chi connectivity index (χ3v) is 6.24. The zero-order valence-corrected chi connectivity index (χ0v) is 22.6. The van der Waals surface area contributed by atoms with E-state index in [1.54, 1.807) is 49.7 Å². The number of aliphatic hydroxyl groups is 1. The van der Waals surface area contributed by atoms with Crippen molar-refractivity contribution in [3.8, 4) is 0 Å². The fraction of sp³-hybridized carbons (Fsp3) is 0.500. The number of ether oxygens (including phenoxy) is 1. The van der Waals surface area contributed by atoms with Crippen molar-refractivity contribution in [2.45, 2.75) is 77.7 Å². The lowest BCUT2D eigenvalue weighted by atomic mass is 10.2. The van der Waals surface area contributed by atoms with Gasteiger partial charge in [0.05, 0.1) is 12.3 Å². The molecule has 1 aliphatic carbocycles. The highest BCUT2D eigenvalue weighted by Gasteiger charge is 2.28. The Labute approximate surface area is 220 Å². The van der Waals surface area contributed by atoms with Gasteiger partial charge >= 0.3 is 6.09 Å². The van der Waals surface area contributed by atoms with E-state index in [9.17, 15) is 19.5 Å². The van der Waals surface area contributed by atoms with Crippen LogP contribution in [-0.2, 0) is 4.74 Å². The molecule has 12 nitrogen and oxygen atoms in total. The average Bonchev–Trinajstić information content (AvgIpc) is 3.44. The van der Waals surface area contributed by atoms with Gasteiger partial charge in [0.2, 0.25) is 0 Å². The topological polar surface area (TPSA) is 143 Å². The average molecular weight is 526 g/mol. The minimum Gasteiger partial charge on any atom is -0.443 e. The van der Waals surface area contributed by atoms with Crippen LogP contribution in [0.4, 0.5) is 22.1 Å².